The molecular weight excluding hydrogens is 372 g/mol. The van der Waals surface area contributed by atoms with Crippen LogP contribution in [-0.2, 0) is 23.4 Å². The molecule has 1 atom stereocenters. The highest BCUT2D eigenvalue weighted by atomic mass is 16.5. The maximum Gasteiger partial charge on any atom is 0.176 e. The van der Waals surface area contributed by atoms with Gasteiger partial charge in [0.2, 0.25) is 0 Å². The molecule has 1 unspecified atom stereocenters. The van der Waals surface area contributed by atoms with Gasteiger partial charge in [0, 0.05) is 11.1 Å². The van der Waals surface area contributed by atoms with Crippen LogP contribution in [0, 0.1) is 12.3 Å². The second kappa shape index (κ2) is 9.93. The van der Waals surface area contributed by atoms with E-state index >= 15 is 0 Å². The minimum absolute atomic E-state index is 0.573. The summed E-state index contributed by atoms with van der Waals surface area (Å²) < 4.78 is 11.0. The van der Waals surface area contributed by atoms with E-state index in [2.05, 4.69) is 12.5 Å². The maximum absolute atomic E-state index is 11.1. The van der Waals surface area contributed by atoms with Gasteiger partial charge < -0.3 is 14.6 Å². The van der Waals surface area contributed by atoms with Gasteiger partial charge in [-0.05, 0) is 35.2 Å². The number of rotatable bonds is 9. The molecule has 3 heteroatoms. The number of methoxy groups -OCH3 is 1. The van der Waals surface area contributed by atoms with E-state index < -0.39 is 5.60 Å². The monoisotopic (exact) mass is 398 g/mol. The van der Waals surface area contributed by atoms with Crippen LogP contribution in [-0.4, -0.2) is 18.8 Å². The first-order valence-electron chi connectivity index (χ1n) is 9.82. The van der Waals surface area contributed by atoms with Gasteiger partial charge in [-0.3, -0.25) is 0 Å². The predicted molar refractivity (Wildman–Crippen MR) is 121 cm³/mol. The third-order valence-electron chi connectivity index (χ3n) is 5.11. The van der Waals surface area contributed by atoms with Gasteiger partial charge in [0.25, 0.3) is 0 Å². The Morgan fingerprint density at radius 2 is 1.50 bits per heavy atom. The van der Waals surface area contributed by atoms with Gasteiger partial charge in [-0.25, -0.2) is 0 Å². The Morgan fingerprint density at radius 1 is 0.933 bits per heavy atom. The van der Waals surface area contributed by atoms with Gasteiger partial charge in [0.15, 0.2) is 5.60 Å². The van der Waals surface area contributed by atoms with Crippen molar-refractivity contribution in [1.29, 1.82) is 0 Å². The molecule has 30 heavy (non-hydrogen) atoms. The van der Waals surface area contributed by atoms with Crippen molar-refractivity contribution < 1.29 is 14.6 Å². The molecule has 3 aromatic carbocycles. The lowest BCUT2D eigenvalue weighted by Gasteiger charge is -2.24. The number of aliphatic hydroxyl groups is 1. The fourth-order valence-electron chi connectivity index (χ4n) is 3.21. The van der Waals surface area contributed by atoms with Crippen LogP contribution in [0.5, 0.6) is 5.75 Å². The molecule has 0 amide bonds. The fourth-order valence-corrected chi connectivity index (χ4v) is 3.21. The molecule has 0 aliphatic carbocycles. The summed E-state index contributed by atoms with van der Waals surface area (Å²) in [5, 5.41) is 11.1. The van der Waals surface area contributed by atoms with Crippen molar-refractivity contribution in [2.45, 2.75) is 18.6 Å². The quantitative estimate of drug-likeness (QED) is 0.409. The normalized spacial score (nSPS) is 12.6. The summed E-state index contributed by atoms with van der Waals surface area (Å²) in [6, 6.07) is 23.0. The van der Waals surface area contributed by atoms with Crippen molar-refractivity contribution in [2.24, 2.45) is 0 Å². The Kier molecular flexibility index (Phi) is 7.08. The summed E-state index contributed by atoms with van der Waals surface area (Å²) in [5.41, 5.74) is 3.15. The summed E-state index contributed by atoms with van der Waals surface area (Å²) >= 11 is 0. The summed E-state index contributed by atoms with van der Waals surface area (Å²) in [5.74, 6) is 3.24. The van der Waals surface area contributed by atoms with Crippen molar-refractivity contribution in [3.63, 3.8) is 0 Å². The molecule has 0 saturated heterocycles. The van der Waals surface area contributed by atoms with Gasteiger partial charge in [-0.2, -0.15) is 0 Å². The number of hydrogen-bond donors (Lipinski definition) is 1. The molecule has 0 aliphatic heterocycles. The van der Waals surface area contributed by atoms with Crippen LogP contribution < -0.4 is 4.74 Å². The average molecular weight is 399 g/mol. The largest absolute Gasteiger partial charge is 0.497 e. The molecule has 3 nitrogen and oxygen atoms in total. The van der Waals surface area contributed by atoms with Crippen LogP contribution in [0.3, 0.4) is 0 Å². The zero-order valence-corrected chi connectivity index (χ0v) is 17.2. The van der Waals surface area contributed by atoms with Gasteiger partial charge >= 0.3 is 0 Å². The molecule has 0 spiro atoms. The summed E-state index contributed by atoms with van der Waals surface area (Å²) in [7, 11) is 1.60. The van der Waals surface area contributed by atoms with E-state index in [-0.39, 0.29) is 0 Å². The molecule has 0 aliphatic rings. The van der Waals surface area contributed by atoms with E-state index in [4.69, 9.17) is 15.9 Å². The summed E-state index contributed by atoms with van der Waals surface area (Å²) in [6.07, 6.45) is 8.30. The molecule has 0 radical (unpaired) electrons. The Labute approximate surface area is 178 Å². The van der Waals surface area contributed by atoms with Crippen LogP contribution in [0.15, 0.2) is 79.4 Å². The fraction of sp³-hybridized carbons (Fsp3) is 0.185. The third kappa shape index (κ3) is 4.99. The molecule has 0 heterocycles. The molecule has 3 aromatic rings. The Hall–Kier alpha value is -3.32. The van der Waals surface area contributed by atoms with Gasteiger partial charge in [0.05, 0.1) is 20.3 Å². The van der Waals surface area contributed by atoms with Crippen molar-refractivity contribution in [1.82, 2.24) is 0 Å². The summed E-state index contributed by atoms with van der Waals surface area (Å²) in [4.78, 5) is 0. The minimum atomic E-state index is -1.49. The Morgan fingerprint density at radius 3 is 2.03 bits per heavy atom. The SMILES string of the molecule is C#CC(O)(c1ccc(CCOCc2ccc(C=C)cc2)cc1)c1ccc(OC)cc1. The highest BCUT2D eigenvalue weighted by molar-refractivity contribution is 5.47. The standard InChI is InChI=1S/C27H26O3/c1-4-21-6-8-23(9-7-21)20-30-19-18-22-10-12-24(13-11-22)27(28,5-2)25-14-16-26(29-3)17-15-25/h2,4,6-17,28H,1,18-20H2,3H3. The smallest absolute Gasteiger partial charge is 0.176 e. The molecule has 0 aromatic heterocycles. The number of hydrogen-bond acceptors (Lipinski definition) is 3. The number of benzene rings is 3. The zero-order chi connectivity index (χ0) is 21.4. The molecule has 0 saturated carbocycles. The van der Waals surface area contributed by atoms with E-state index in [1.165, 1.54) is 0 Å². The van der Waals surface area contributed by atoms with Crippen LogP contribution in [0.4, 0.5) is 0 Å². The molecule has 3 rings (SSSR count). The molecule has 0 fully saturated rings. The topological polar surface area (TPSA) is 38.7 Å². The Bertz CT molecular complexity index is 996. The average Bonchev–Trinajstić information content (AvgIpc) is 2.82. The first-order valence-corrected chi connectivity index (χ1v) is 9.82. The van der Waals surface area contributed by atoms with E-state index in [1.54, 1.807) is 31.4 Å². The maximum atomic E-state index is 11.1. The van der Waals surface area contributed by atoms with E-state index in [1.807, 2.05) is 54.6 Å². The van der Waals surface area contributed by atoms with Crippen molar-refractivity contribution in [2.75, 3.05) is 13.7 Å². The lowest BCUT2D eigenvalue weighted by atomic mass is 9.86. The van der Waals surface area contributed by atoms with Crippen LogP contribution >= 0.6 is 0 Å². The highest BCUT2D eigenvalue weighted by Gasteiger charge is 2.29. The zero-order valence-electron chi connectivity index (χ0n) is 17.2. The van der Waals surface area contributed by atoms with Crippen molar-refractivity contribution >= 4 is 6.08 Å². The molecule has 0 bridgehead atoms. The first-order chi connectivity index (χ1) is 14.6. The van der Waals surface area contributed by atoms with E-state index in [9.17, 15) is 5.11 Å². The van der Waals surface area contributed by atoms with Crippen molar-refractivity contribution in [3.8, 4) is 18.1 Å². The lowest BCUT2D eigenvalue weighted by Crippen LogP contribution is -2.25. The second-order valence-electron chi connectivity index (χ2n) is 7.03. The molecule has 1 N–H and O–H groups in total. The molecule has 152 valence electrons. The van der Waals surface area contributed by atoms with Crippen LogP contribution in [0.1, 0.15) is 27.8 Å². The predicted octanol–water partition coefficient (Wildman–Crippen LogP) is 4.97. The summed E-state index contributed by atoms with van der Waals surface area (Å²) in [6.45, 7) is 4.94. The lowest BCUT2D eigenvalue weighted by molar-refractivity contribution is 0.124. The van der Waals surface area contributed by atoms with Gasteiger partial charge in [0.1, 0.15) is 5.75 Å². The Balaban J connectivity index is 1.58. The third-order valence-corrected chi connectivity index (χ3v) is 5.11. The van der Waals surface area contributed by atoms with Crippen LogP contribution in [0.25, 0.3) is 6.08 Å². The molecular formula is C27H26O3. The van der Waals surface area contributed by atoms with Gasteiger partial charge in [-0.15, -0.1) is 6.42 Å². The van der Waals surface area contributed by atoms with Gasteiger partial charge in [-0.1, -0.05) is 79.2 Å². The number of ether oxygens (including phenoxy) is 2. The minimum Gasteiger partial charge on any atom is -0.497 e. The second-order valence-corrected chi connectivity index (χ2v) is 7.03. The first kappa shape index (κ1) is 21.4. The van der Waals surface area contributed by atoms with Crippen molar-refractivity contribution in [3.05, 3.63) is 107 Å². The highest BCUT2D eigenvalue weighted by Crippen LogP contribution is 2.30. The number of terminal acetylenes is 1. The van der Waals surface area contributed by atoms with E-state index in [0.717, 1.165) is 23.1 Å². The van der Waals surface area contributed by atoms with E-state index in [0.29, 0.717) is 30.1 Å². The van der Waals surface area contributed by atoms with Crippen LogP contribution in [0.2, 0.25) is 0 Å².